The van der Waals surface area contributed by atoms with Crippen LogP contribution in [0, 0.1) is 0 Å². The molecular formula is C3O9Si2+2. The van der Waals surface area contributed by atoms with Gasteiger partial charge in [0.2, 0.25) is 0 Å². The van der Waals surface area contributed by atoms with Crippen LogP contribution in [0.5, 0.6) is 0 Å². The molecule has 0 aromatic heterocycles. The first-order valence-electron chi connectivity index (χ1n) is 1.84. The maximum Gasteiger partial charge on any atom is 4.00 e. The van der Waals surface area contributed by atoms with Crippen molar-refractivity contribution in [1.82, 2.24) is 0 Å². The Balaban J connectivity index is -0.0000000270. The summed E-state index contributed by atoms with van der Waals surface area (Å²) in [7, 11) is 0. The van der Waals surface area contributed by atoms with Crippen LogP contribution in [0.25, 0.3) is 0 Å². The van der Waals surface area contributed by atoms with Gasteiger partial charge in [0.05, 0.1) is 0 Å². The minimum Gasteiger partial charge on any atom is -0.652 e. The van der Waals surface area contributed by atoms with Gasteiger partial charge in [-0.1, -0.05) is 0 Å². The van der Waals surface area contributed by atoms with Gasteiger partial charge in [0.1, 0.15) is 0 Å². The summed E-state index contributed by atoms with van der Waals surface area (Å²) >= 11 is 0. The van der Waals surface area contributed by atoms with Crippen molar-refractivity contribution in [2.24, 2.45) is 0 Å². The fraction of sp³-hybridized carbons (Fsp3) is 0. The Labute approximate surface area is 86.3 Å². The molecule has 0 saturated carbocycles. The van der Waals surface area contributed by atoms with E-state index < -0.39 is 18.5 Å². The molecule has 0 unspecified atom stereocenters. The van der Waals surface area contributed by atoms with Crippen LogP contribution in [0.4, 0.5) is 14.4 Å². The first-order chi connectivity index (χ1) is 5.20. The van der Waals surface area contributed by atoms with Gasteiger partial charge in [0.25, 0.3) is 0 Å². The number of carbonyl (C=O) groups is 3. The smallest absolute Gasteiger partial charge is 0.652 e. The molecule has 0 aliphatic rings. The topological polar surface area (TPSA) is 190 Å². The molecule has 0 aliphatic carbocycles. The molecule has 0 aliphatic heterocycles. The first kappa shape index (κ1) is 29.5. The van der Waals surface area contributed by atoms with E-state index in [1.165, 1.54) is 0 Å². The van der Waals surface area contributed by atoms with E-state index in [0.29, 0.717) is 0 Å². The summed E-state index contributed by atoms with van der Waals surface area (Å²) in [4.78, 5) is 25.0. The van der Waals surface area contributed by atoms with Crippen molar-refractivity contribution in [3.8, 4) is 0 Å². The zero-order valence-corrected chi connectivity index (χ0v) is 8.17. The standard InChI is InChI=1S/3CH2O3.2Si/c3*2-1(3)4;;/h3*(H2,2,3,4);;/q;;;2*+4/p-6. The van der Waals surface area contributed by atoms with Gasteiger partial charge in [-0.2, -0.15) is 0 Å². The molecular weight excluding hydrogens is 236 g/mol. The molecule has 0 aromatic rings. The molecule has 0 aromatic carbocycles. The third kappa shape index (κ3) is 284. The third-order valence-electron chi connectivity index (χ3n) is 0. The van der Waals surface area contributed by atoms with Crippen molar-refractivity contribution < 1.29 is 45.0 Å². The van der Waals surface area contributed by atoms with Gasteiger partial charge in [0.15, 0.2) is 0 Å². The molecule has 0 amide bonds. The van der Waals surface area contributed by atoms with Gasteiger partial charge >= 0.3 is 21.9 Å². The van der Waals surface area contributed by atoms with Gasteiger partial charge in [-0.25, -0.2) is 0 Å². The first-order valence-corrected chi connectivity index (χ1v) is 1.84. The molecule has 0 heterocycles. The second kappa shape index (κ2) is 22.5. The number of carboxylic acid groups (broad SMARTS) is 6. The number of carbonyl (C=O) groups excluding carboxylic acids is 3. The Kier molecular flexibility index (Phi) is 47.4. The molecule has 11 heteroatoms. The van der Waals surface area contributed by atoms with Crippen LogP contribution < -0.4 is 30.6 Å². The minimum absolute atomic E-state index is 0. The Morgan fingerprint density at radius 2 is 0.500 bits per heavy atom. The Bertz CT molecular complexity index is 116. The molecule has 14 heavy (non-hydrogen) atoms. The number of rotatable bonds is 0. The van der Waals surface area contributed by atoms with E-state index in [1.807, 2.05) is 0 Å². The molecule has 0 radical (unpaired) electrons. The third-order valence-corrected chi connectivity index (χ3v) is 0. The normalized spacial score (nSPS) is 5.14. The van der Waals surface area contributed by atoms with Crippen LogP contribution in [0.1, 0.15) is 0 Å². The summed E-state index contributed by atoms with van der Waals surface area (Å²) in [6, 6.07) is 0. The summed E-state index contributed by atoms with van der Waals surface area (Å²) in [5.74, 6) is 0. The van der Waals surface area contributed by atoms with Crippen LogP contribution in [0.3, 0.4) is 0 Å². The largest absolute Gasteiger partial charge is 4.00 e. The summed E-state index contributed by atoms with van der Waals surface area (Å²) in [6.07, 6.45) is -7.00. The Morgan fingerprint density at radius 1 is 0.500 bits per heavy atom. The van der Waals surface area contributed by atoms with Crippen LogP contribution in [0.2, 0.25) is 0 Å². The van der Waals surface area contributed by atoms with Crippen molar-refractivity contribution >= 4 is 40.4 Å². The van der Waals surface area contributed by atoms with Crippen LogP contribution in [-0.2, 0) is 0 Å². The number of hydrogen-bond acceptors (Lipinski definition) is 9. The minimum atomic E-state index is -2.33. The van der Waals surface area contributed by atoms with E-state index in [9.17, 15) is 0 Å². The second-order valence-electron chi connectivity index (χ2n) is 0.750. The Hall–Kier alpha value is -1.76. The predicted octanol–water partition coefficient (Wildman–Crippen LogP) is -8.10. The predicted molar refractivity (Wildman–Crippen MR) is 27.7 cm³/mol. The molecule has 0 atom stereocenters. The average Bonchev–Trinajstić information content (AvgIpc) is 1.54. The van der Waals surface area contributed by atoms with E-state index in [2.05, 4.69) is 0 Å². The van der Waals surface area contributed by atoms with Crippen molar-refractivity contribution in [2.75, 3.05) is 0 Å². The van der Waals surface area contributed by atoms with Gasteiger partial charge in [-0.3, -0.25) is 0 Å². The van der Waals surface area contributed by atoms with Crippen molar-refractivity contribution in [1.29, 1.82) is 0 Å². The van der Waals surface area contributed by atoms with Crippen LogP contribution in [-0.4, -0.2) is 40.4 Å². The molecule has 0 bridgehead atoms. The molecule has 0 N–H and O–H groups in total. The number of hydrogen-bond donors (Lipinski definition) is 0. The fourth-order valence-electron chi connectivity index (χ4n) is 0. The molecule has 0 saturated heterocycles. The Morgan fingerprint density at radius 3 is 0.500 bits per heavy atom. The van der Waals surface area contributed by atoms with E-state index in [0.717, 1.165) is 0 Å². The van der Waals surface area contributed by atoms with E-state index in [1.54, 1.807) is 0 Å². The second-order valence-corrected chi connectivity index (χ2v) is 0.750. The van der Waals surface area contributed by atoms with E-state index >= 15 is 0 Å². The molecule has 0 spiro atoms. The monoisotopic (exact) mass is 236 g/mol. The summed E-state index contributed by atoms with van der Waals surface area (Å²) in [6.45, 7) is 0. The van der Waals surface area contributed by atoms with Gasteiger partial charge < -0.3 is 45.0 Å². The summed E-state index contributed by atoms with van der Waals surface area (Å²) in [5, 5.41) is 50.0. The SMILES string of the molecule is O=C([O-])[O-].O=C([O-])[O-].O=C([O-])[O-].[Si+4].[Si+4]. The summed E-state index contributed by atoms with van der Waals surface area (Å²) < 4.78 is 0. The van der Waals surface area contributed by atoms with Gasteiger partial charge in [0, 0.05) is 0 Å². The zero-order chi connectivity index (χ0) is 10.7. The van der Waals surface area contributed by atoms with E-state index in [-0.39, 0.29) is 21.9 Å². The average molecular weight is 236 g/mol. The van der Waals surface area contributed by atoms with E-state index in [4.69, 9.17) is 45.0 Å². The van der Waals surface area contributed by atoms with Gasteiger partial charge in [-0.05, 0) is 18.5 Å². The molecule has 72 valence electrons. The maximum absolute atomic E-state index is 8.33. The molecule has 0 fully saturated rings. The fourth-order valence-corrected chi connectivity index (χ4v) is 0. The van der Waals surface area contributed by atoms with Crippen molar-refractivity contribution in [3.63, 3.8) is 0 Å². The van der Waals surface area contributed by atoms with Gasteiger partial charge in [-0.15, -0.1) is 0 Å². The maximum atomic E-state index is 8.33. The molecule has 9 nitrogen and oxygen atoms in total. The van der Waals surface area contributed by atoms with Crippen LogP contribution >= 0.6 is 0 Å². The molecule has 0 rings (SSSR count). The zero-order valence-electron chi connectivity index (χ0n) is 6.17. The van der Waals surface area contributed by atoms with Crippen molar-refractivity contribution in [3.05, 3.63) is 0 Å². The van der Waals surface area contributed by atoms with Crippen LogP contribution in [0.15, 0.2) is 0 Å². The summed E-state index contributed by atoms with van der Waals surface area (Å²) in [5.41, 5.74) is 0. The van der Waals surface area contributed by atoms with Crippen molar-refractivity contribution in [2.45, 2.75) is 0 Å². The quantitative estimate of drug-likeness (QED) is 0.367.